The highest BCUT2D eigenvalue weighted by Gasteiger charge is 2.37. The second-order valence-corrected chi connectivity index (χ2v) is 8.98. The largest absolute Gasteiger partial charge is 0.308 e. The van der Waals surface area contributed by atoms with Crippen LogP contribution in [-0.2, 0) is 14.8 Å². The molecule has 0 aliphatic rings. The van der Waals surface area contributed by atoms with Gasteiger partial charge < -0.3 is 4.90 Å². The third kappa shape index (κ3) is 4.84. The predicted molar refractivity (Wildman–Crippen MR) is 105 cm³/mol. The normalized spacial score (nSPS) is 13.5. The quantitative estimate of drug-likeness (QED) is 0.528. The average Bonchev–Trinajstić information content (AvgIpc) is 2.63. The molecule has 0 aliphatic heterocycles. The van der Waals surface area contributed by atoms with Crippen molar-refractivity contribution in [2.75, 3.05) is 27.2 Å². The van der Waals surface area contributed by atoms with Crippen LogP contribution in [0.4, 0.5) is 0 Å². The summed E-state index contributed by atoms with van der Waals surface area (Å²) in [5.41, 5.74) is 1.61. The van der Waals surface area contributed by atoms with Crippen LogP contribution >= 0.6 is 0 Å². The Balaban J connectivity index is 2.54. The number of benzene rings is 2. The van der Waals surface area contributed by atoms with E-state index in [9.17, 15) is 13.2 Å². The molecular formula is C19H27N3O4S. The molecule has 1 amide bonds. The number of carbonyl (C=O) groups excluding carboxylic acids is 1. The number of nitrogens with zero attached hydrogens (tertiary/aromatic N) is 2. The van der Waals surface area contributed by atoms with Crippen LogP contribution in [0.5, 0.6) is 0 Å². The van der Waals surface area contributed by atoms with Gasteiger partial charge in [0, 0.05) is 13.1 Å². The van der Waals surface area contributed by atoms with Crippen molar-refractivity contribution in [2.45, 2.75) is 24.8 Å². The van der Waals surface area contributed by atoms with Gasteiger partial charge >= 0.3 is 0 Å². The van der Waals surface area contributed by atoms with E-state index in [1.54, 1.807) is 37.5 Å². The molecule has 2 rings (SSSR count). The van der Waals surface area contributed by atoms with Crippen molar-refractivity contribution in [3.05, 3.63) is 42.5 Å². The van der Waals surface area contributed by atoms with Crippen LogP contribution in [0, 0.1) is 5.92 Å². The fraction of sp³-hybridized carbons (Fsp3) is 0.421. The summed E-state index contributed by atoms with van der Waals surface area (Å²) in [5.74, 6) is -1.07. The summed E-state index contributed by atoms with van der Waals surface area (Å²) in [6, 6.07) is 11.4. The van der Waals surface area contributed by atoms with Gasteiger partial charge in [-0.2, -0.15) is 4.31 Å². The third-order valence-electron chi connectivity index (χ3n) is 4.42. The van der Waals surface area contributed by atoms with Crippen LogP contribution in [0.25, 0.3) is 10.8 Å². The van der Waals surface area contributed by atoms with E-state index in [1.807, 2.05) is 43.3 Å². The van der Waals surface area contributed by atoms with Crippen LogP contribution in [0.15, 0.2) is 47.4 Å². The molecule has 0 bridgehead atoms. The summed E-state index contributed by atoms with van der Waals surface area (Å²) in [4.78, 5) is 14.2. The molecule has 0 saturated heterocycles. The molecule has 0 heterocycles. The Kier molecular flexibility index (Phi) is 6.94. The molecule has 7 nitrogen and oxygen atoms in total. The van der Waals surface area contributed by atoms with Crippen LogP contribution < -0.4 is 5.48 Å². The lowest BCUT2D eigenvalue weighted by Gasteiger charge is -2.32. The van der Waals surface area contributed by atoms with Gasteiger partial charge in [-0.05, 0) is 42.9 Å². The molecule has 2 aromatic rings. The summed E-state index contributed by atoms with van der Waals surface area (Å²) >= 11 is 0. The topological polar surface area (TPSA) is 89.9 Å². The number of hydroxylamine groups is 1. The maximum absolute atomic E-state index is 13.4. The Bertz CT molecular complexity index is 897. The number of hydrogen-bond donors (Lipinski definition) is 2. The first-order valence-corrected chi connectivity index (χ1v) is 10.2. The molecule has 0 unspecified atom stereocenters. The minimum absolute atomic E-state index is 0.122. The minimum Gasteiger partial charge on any atom is -0.308 e. The van der Waals surface area contributed by atoms with E-state index in [2.05, 4.69) is 0 Å². The molecule has 0 saturated carbocycles. The molecule has 0 radical (unpaired) electrons. The van der Waals surface area contributed by atoms with Crippen LogP contribution in [0.3, 0.4) is 0 Å². The average molecular weight is 394 g/mol. The van der Waals surface area contributed by atoms with Crippen molar-refractivity contribution in [3.8, 4) is 0 Å². The number of nitrogens with one attached hydrogen (secondary N) is 1. The Morgan fingerprint density at radius 2 is 1.70 bits per heavy atom. The van der Waals surface area contributed by atoms with Crippen molar-refractivity contribution >= 4 is 26.7 Å². The van der Waals surface area contributed by atoms with E-state index in [1.165, 1.54) is 4.31 Å². The highest BCUT2D eigenvalue weighted by atomic mass is 32.2. The molecule has 2 N–H and O–H groups in total. The van der Waals surface area contributed by atoms with Crippen LogP contribution in [0.2, 0.25) is 0 Å². The number of rotatable bonds is 8. The lowest BCUT2D eigenvalue weighted by Crippen LogP contribution is -2.53. The van der Waals surface area contributed by atoms with Gasteiger partial charge in [0.05, 0.1) is 4.90 Å². The van der Waals surface area contributed by atoms with Gasteiger partial charge in [-0.15, -0.1) is 0 Å². The van der Waals surface area contributed by atoms with Crippen molar-refractivity contribution in [2.24, 2.45) is 5.92 Å². The number of sulfonamides is 1. The van der Waals surface area contributed by atoms with E-state index in [0.29, 0.717) is 6.54 Å². The highest BCUT2D eigenvalue weighted by Crippen LogP contribution is 2.25. The number of amides is 1. The number of likely N-dealkylation sites (N-methyl/N-ethyl adjacent to an activating group) is 1. The number of carbonyl (C=O) groups is 1. The Morgan fingerprint density at radius 3 is 2.26 bits per heavy atom. The summed E-state index contributed by atoms with van der Waals surface area (Å²) in [7, 11) is -0.291. The van der Waals surface area contributed by atoms with Crippen molar-refractivity contribution in [1.29, 1.82) is 0 Å². The Hall–Kier alpha value is -2.00. The van der Waals surface area contributed by atoms with Gasteiger partial charge in [0.15, 0.2) is 0 Å². The van der Waals surface area contributed by atoms with Gasteiger partial charge in [-0.25, -0.2) is 13.9 Å². The first kappa shape index (κ1) is 21.3. The Labute approximate surface area is 160 Å². The van der Waals surface area contributed by atoms with E-state index >= 15 is 0 Å². The molecule has 8 heteroatoms. The number of fused-ring (bicyclic) bond motifs is 1. The highest BCUT2D eigenvalue weighted by molar-refractivity contribution is 7.89. The molecule has 0 fully saturated rings. The predicted octanol–water partition coefficient (Wildman–Crippen LogP) is 1.92. The first-order chi connectivity index (χ1) is 12.7. The van der Waals surface area contributed by atoms with Gasteiger partial charge in [-0.1, -0.05) is 44.2 Å². The molecule has 27 heavy (non-hydrogen) atoms. The third-order valence-corrected chi connectivity index (χ3v) is 6.29. The fourth-order valence-corrected chi connectivity index (χ4v) is 4.75. The zero-order chi connectivity index (χ0) is 20.2. The summed E-state index contributed by atoms with van der Waals surface area (Å²) in [6.45, 7) is 4.06. The maximum atomic E-state index is 13.4. The lowest BCUT2D eigenvalue weighted by molar-refractivity contribution is -0.134. The smallest absolute Gasteiger partial charge is 0.262 e. The summed E-state index contributed by atoms with van der Waals surface area (Å²) < 4.78 is 28.0. The van der Waals surface area contributed by atoms with Gasteiger partial charge in [0.2, 0.25) is 10.0 Å². The molecule has 2 aromatic carbocycles. The first-order valence-electron chi connectivity index (χ1n) is 8.77. The molecule has 0 aromatic heterocycles. The van der Waals surface area contributed by atoms with E-state index < -0.39 is 22.0 Å². The maximum Gasteiger partial charge on any atom is 0.262 e. The van der Waals surface area contributed by atoms with Crippen molar-refractivity contribution in [1.82, 2.24) is 14.7 Å². The Morgan fingerprint density at radius 1 is 1.07 bits per heavy atom. The summed E-state index contributed by atoms with van der Waals surface area (Å²) in [6.07, 6.45) is 0. The van der Waals surface area contributed by atoms with Gasteiger partial charge in [-0.3, -0.25) is 10.0 Å². The lowest BCUT2D eigenvalue weighted by atomic mass is 10.0. The van der Waals surface area contributed by atoms with Crippen molar-refractivity contribution in [3.63, 3.8) is 0 Å². The molecule has 148 valence electrons. The zero-order valence-corrected chi connectivity index (χ0v) is 16.9. The standard InChI is InChI=1S/C19H27N3O4S/c1-14(2)18(19(23)20-24)22(12-11-21(3)4)27(25,26)17-10-9-15-7-5-6-8-16(15)13-17/h5-10,13-14,18,24H,11-12H2,1-4H3,(H,20,23)/t18-/m1/s1. The second-order valence-electron chi connectivity index (χ2n) is 7.09. The van der Waals surface area contributed by atoms with E-state index in [0.717, 1.165) is 10.8 Å². The van der Waals surface area contributed by atoms with Gasteiger partial charge in [0.25, 0.3) is 5.91 Å². The molecule has 0 spiro atoms. The van der Waals surface area contributed by atoms with Gasteiger partial charge in [0.1, 0.15) is 6.04 Å². The zero-order valence-electron chi connectivity index (χ0n) is 16.1. The van der Waals surface area contributed by atoms with E-state index in [-0.39, 0.29) is 17.4 Å². The van der Waals surface area contributed by atoms with E-state index in [4.69, 9.17) is 5.21 Å². The monoisotopic (exact) mass is 393 g/mol. The molecular weight excluding hydrogens is 366 g/mol. The van der Waals surface area contributed by atoms with Crippen molar-refractivity contribution < 1.29 is 18.4 Å². The molecule has 0 aliphatic carbocycles. The fourth-order valence-electron chi connectivity index (χ4n) is 3.00. The van der Waals surface area contributed by atoms with Crippen LogP contribution in [0.1, 0.15) is 13.8 Å². The summed E-state index contributed by atoms with van der Waals surface area (Å²) in [5, 5.41) is 10.9. The number of hydrogen-bond acceptors (Lipinski definition) is 5. The second kappa shape index (κ2) is 8.79. The van der Waals surface area contributed by atoms with Crippen LogP contribution in [-0.4, -0.2) is 62.0 Å². The SMILES string of the molecule is CC(C)[C@H](C(=O)NO)N(CCN(C)C)S(=O)(=O)c1ccc2ccccc2c1. The minimum atomic E-state index is -3.95. The molecule has 1 atom stereocenters.